The maximum absolute atomic E-state index is 8.58. The normalized spacial score (nSPS) is 15.7. The molecule has 0 bridgehead atoms. The molecule has 3 nitrogen and oxygen atoms in total. The molecule has 0 unspecified atom stereocenters. The summed E-state index contributed by atoms with van der Waals surface area (Å²) in [5.41, 5.74) is 0.432. The third-order valence-corrected chi connectivity index (χ3v) is 3.04. The number of allylic oxidation sites excluding steroid dienone is 3. The molecule has 0 aromatic heterocycles. The summed E-state index contributed by atoms with van der Waals surface area (Å²) in [4.78, 5) is 4.05. The third kappa shape index (κ3) is 3.51. The number of aliphatic imine (C=N–C) groups is 1. The second kappa shape index (κ2) is 5.65. The predicted octanol–water partition coefficient (Wildman–Crippen LogP) is 2.13. The highest BCUT2D eigenvalue weighted by molar-refractivity contribution is 14.2. The van der Waals surface area contributed by atoms with Gasteiger partial charge >= 0.3 is 0 Å². The summed E-state index contributed by atoms with van der Waals surface area (Å²) < 4.78 is 8.04. The summed E-state index contributed by atoms with van der Waals surface area (Å²) in [5.74, 6) is 0. The van der Waals surface area contributed by atoms with Gasteiger partial charge in [-0.3, -0.25) is 0 Å². The Morgan fingerprint density at radius 3 is 3.31 bits per heavy atom. The fourth-order valence-electron chi connectivity index (χ4n) is 0.641. The zero-order valence-electron chi connectivity index (χ0n) is 7.20. The van der Waals surface area contributed by atoms with Gasteiger partial charge in [0, 0.05) is 0 Å². The van der Waals surface area contributed by atoms with Crippen molar-refractivity contribution in [2.24, 2.45) is 4.99 Å². The first-order chi connectivity index (χ1) is 6.36. The van der Waals surface area contributed by atoms with E-state index in [1.54, 1.807) is 6.08 Å². The van der Waals surface area contributed by atoms with Crippen LogP contribution in [0.15, 0.2) is 28.9 Å². The molecule has 0 spiro atoms. The molecule has 0 fully saturated rings. The van der Waals surface area contributed by atoms with Crippen LogP contribution in [0, 0.1) is 11.3 Å². The lowest BCUT2D eigenvalue weighted by atomic mass is 10.5. The van der Waals surface area contributed by atoms with Gasteiger partial charge in [-0.2, -0.15) is 10.3 Å². The van der Waals surface area contributed by atoms with E-state index >= 15 is 0 Å². The standard InChI is InChI=1S/C9H9IN2O/c1-2-3-6-13-9-10-5-4-8(7-11)12-9/h2-5H,6H2,1H3/b3-2+. The Kier molecular flexibility index (Phi) is 4.40. The molecular formula is C9H9IN2O. The Balaban J connectivity index is 2.54. The largest absolute Gasteiger partial charge is 0.469 e. The van der Waals surface area contributed by atoms with Gasteiger partial charge in [0.15, 0.2) is 0 Å². The molecule has 1 rings (SSSR count). The average molecular weight is 288 g/mol. The Morgan fingerprint density at radius 2 is 2.62 bits per heavy atom. The van der Waals surface area contributed by atoms with E-state index in [1.165, 1.54) is 0 Å². The minimum absolute atomic E-state index is 0.261. The third-order valence-electron chi connectivity index (χ3n) is 1.23. The van der Waals surface area contributed by atoms with Crippen molar-refractivity contribution in [3.63, 3.8) is 0 Å². The van der Waals surface area contributed by atoms with Crippen LogP contribution in [0.1, 0.15) is 6.92 Å². The lowest BCUT2D eigenvalue weighted by Gasteiger charge is -2.03. The van der Waals surface area contributed by atoms with E-state index in [2.05, 4.69) is 4.99 Å². The van der Waals surface area contributed by atoms with Gasteiger partial charge in [0.05, 0.1) is 0 Å². The second-order valence-corrected chi connectivity index (χ2v) is 4.41. The van der Waals surface area contributed by atoms with Crippen LogP contribution in [0.3, 0.4) is 0 Å². The van der Waals surface area contributed by atoms with E-state index in [0.29, 0.717) is 12.3 Å². The number of ether oxygens (including phenoxy) is 1. The maximum Gasteiger partial charge on any atom is 0.247 e. The molecule has 0 aliphatic carbocycles. The second-order valence-electron chi connectivity index (χ2n) is 2.14. The van der Waals surface area contributed by atoms with Crippen LogP contribution in [0.25, 0.3) is 0 Å². The quantitative estimate of drug-likeness (QED) is 0.577. The molecule has 0 aromatic carbocycles. The summed E-state index contributed by atoms with van der Waals surface area (Å²) in [7, 11) is 0. The SMILES string of the molecule is C/C=C/COC1=NC(C#N)=CC=I1. The zero-order chi connectivity index (χ0) is 9.52. The molecule has 0 atom stereocenters. The molecule has 0 amide bonds. The molecule has 0 N–H and O–H groups in total. The average Bonchev–Trinajstić information content (AvgIpc) is 2.19. The monoisotopic (exact) mass is 288 g/mol. The van der Waals surface area contributed by atoms with Crippen molar-refractivity contribution in [1.82, 2.24) is 0 Å². The first-order valence-electron chi connectivity index (χ1n) is 3.76. The highest BCUT2D eigenvalue weighted by Crippen LogP contribution is 2.12. The predicted molar refractivity (Wildman–Crippen MR) is 62.0 cm³/mol. The molecule has 1 heterocycles. The summed E-state index contributed by atoms with van der Waals surface area (Å²) >= 11 is -0.261. The fourth-order valence-corrected chi connectivity index (χ4v) is 2.23. The Labute approximate surface area is 87.2 Å². The Hall–Kier alpha value is -0.960. The van der Waals surface area contributed by atoms with E-state index in [0.717, 1.165) is 3.90 Å². The molecule has 0 radical (unpaired) electrons. The van der Waals surface area contributed by atoms with E-state index in [4.69, 9.17) is 10.00 Å². The van der Waals surface area contributed by atoms with E-state index < -0.39 is 0 Å². The van der Waals surface area contributed by atoms with Gasteiger partial charge in [-0.25, -0.2) is 0 Å². The van der Waals surface area contributed by atoms with Crippen LogP contribution in [0.5, 0.6) is 0 Å². The Morgan fingerprint density at radius 1 is 1.77 bits per heavy atom. The van der Waals surface area contributed by atoms with Crippen LogP contribution in [0.4, 0.5) is 0 Å². The molecule has 68 valence electrons. The number of rotatable bonds is 2. The van der Waals surface area contributed by atoms with Crippen molar-refractivity contribution in [3.05, 3.63) is 23.9 Å². The van der Waals surface area contributed by atoms with Gasteiger partial charge in [0.1, 0.15) is 18.4 Å². The lowest BCUT2D eigenvalue weighted by molar-refractivity contribution is 0.364. The molecule has 4 heteroatoms. The smallest absolute Gasteiger partial charge is 0.247 e. The first kappa shape index (κ1) is 10.1. The number of hydrogen-bond donors (Lipinski definition) is 0. The molecule has 1 aliphatic heterocycles. The topological polar surface area (TPSA) is 45.4 Å². The minimum Gasteiger partial charge on any atom is -0.469 e. The van der Waals surface area contributed by atoms with Gasteiger partial charge in [0.2, 0.25) is 3.90 Å². The number of hydrogen-bond acceptors (Lipinski definition) is 3. The molecular weight excluding hydrogens is 279 g/mol. The molecule has 0 aromatic rings. The lowest BCUT2D eigenvalue weighted by Crippen LogP contribution is -1.99. The van der Waals surface area contributed by atoms with Crippen molar-refractivity contribution < 1.29 is 4.74 Å². The zero-order valence-corrected chi connectivity index (χ0v) is 9.35. The van der Waals surface area contributed by atoms with Crippen molar-refractivity contribution in [3.8, 4) is 6.07 Å². The molecule has 0 saturated carbocycles. The van der Waals surface area contributed by atoms with Crippen molar-refractivity contribution >= 4 is 28.6 Å². The summed E-state index contributed by atoms with van der Waals surface area (Å²) in [6.45, 7) is 2.48. The molecule has 1 aliphatic rings. The highest BCUT2D eigenvalue weighted by atomic mass is 127. The van der Waals surface area contributed by atoms with Crippen LogP contribution < -0.4 is 0 Å². The number of nitriles is 1. The number of nitrogens with zero attached hydrogens (tertiary/aromatic N) is 2. The summed E-state index contributed by atoms with van der Waals surface area (Å²) in [6.07, 6.45) is 5.58. The van der Waals surface area contributed by atoms with Crippen LogP contribution in [-0.2, 0) is 4.74 Å². The van der Waals surface area contributed by atoms with Gasteiger partial charge in [-0.05, 0) is 37.7 Å². The first-order valence-corrected chi connectivity index (χ1v) is 6.09. The van der Waals surface area contributed by atoms with E-state index in [9.17, 15) is 0 Å². The van der Waals surface area contributed by atoms with Crippen molar-refractivity contribution in [2.45, 2.75) is 6.92 Å². The van der Waals surface area contributed by atoms with Gasteiger partial charge in [-0.1, -0.05) is 12.2 Å². The van der Waals surface area contributed by atoms with E-state index in [-0.39, 0.29) is 20.7 Å². The van der Waals surface area contributed by atoms with Crippen LogP contribution in [-0.4, -0.2) is 14.5 Å². The van der Waals surface area contributed by atoms with Crippen LogP contribution in [0.2, 0.25) is 0 Å². The Bertz CT molecular complexity index is 334. The fraction of sp³-hybridized carbons (Fsp3) is 0.222. The van der Waals surface area contributed by atoms with Gasteiger partial charge < -0.3 is 4.74 Å². The van der Waals surface area contributed by atoms with Crippen molar-refractivity contribution in [1.29, 1.82) is 5.26 Å². The summed E-state index contributed by atoms with van der Waals surface area (Å²) in [5, 5.41) is 8.58. The maximum atomic E-state index is 8.58. The van der Waals surface area contributed by atoms with E-state index in [1.807, 2.05) is 29.2 Å². The van der Waals surface area contributed by atoms with Gasteiger partial charge in [-0.15, -0.1) is 0 Å². The van der Waals surface area contributed by atoms with Crippen molar-refractivity contribution in [2.75, 3.05) is 6.61 Å². The molecule has 0 saturated heterocycles. The van der Waals surface area contributed by atoms with Crippen LogP contribution >= 0.6 is 20.7 Å². The molecule has 13 heavy (non-hydrogen) atoms. The minimum atomic E-state index is -0.261. The number of halogens is 1. The van der Waals surface area contributed by atoms with Gasteiger partial charge in [0.25, 0.3) is 0 Å². The highest BCUT2D eigenvalue weighted by Gasteiger charge is 2.01. The summed E-state index contributed by atoms with van der Waals surface area (Å²) in [6, 6.07) is 1.99.